The van der Waals surface area contributed by atoms with E-state index in [1.54, 1.807) is 25.4 Å². The highest BCUT2D eigenvalue weighted by molar-refractivity contribution is 6.34. The van der Waals surface area contributed by atoms with Crippen LogP contribution in [0.1, 0.15) is 42.2 Å². The molecule has 0 aliphatic heterocycles. The molecule has 4 rings (SSSR count). The first-order chi connectivity index (χ1) is 13.0. The van der Waals surface area contributed by atoms with Crippen molar-refractivity contribution in [3.8, 4) is 11.1 Å². The maximum atomic E-state index is 12.3. The van der Waals surface area contributed by atoms with Crippen molar-refractivity contribution in [3.05, 3.63) is 52.9 Å². The van der Waals surface area contributed by atoms with Crippen molar-refractivity contribution < 1.29 is 14.7 Å². The van der Waals surface area contributed by atoms with E-state index in [1.807, 2.05) is 18.2 Å². The van der Waals surface area contributed by atoms with E-state index >= 15 is 0 Å². The van der Waals surface area contributed by atoms with Crippen molar-refractivity contribution in [2.45, 2.75) is 31.8 Å². The zero-order valence-electron chi connectivity index (χ0n) is 14.9. The number of aromatic nitrogens is 2. The standard InChI is InChI=1S/C20H20ClN3O3/c1-2-27-24-19(25)15-11-22-17-9-16(21)13(8-14(15)17)12-4-5-18(23-10-12)20(26)6-3-7-20/h4-5,8-11,22,26H,2-3,6-7H2,1H3,(H,24,25). The van der Waals surface area contributed by atoms with E-state index in [9.17, 15) is 9.90 Å². The third-order valence-electron chi connectivity index (χ3n) is 5.06. The average Bonchev–Trinajstić information content (AvgIpc) is 3.06. The molecule has 3 N–H and O–H groups in total. The minimum atomic E-state index is -0.794. The molecule has 2 heterocycles. The molecule has 0 spiro atoms. The molecule has 140 valence electrons. The predicted molar refractivity (Wildman–Crippen MR) is 103 cm³/mol. The zero-order chi connectivity index (χ0) is 19.0. The lowest BCUT2D eigenvalue weighted by molar-refractivity contribution is -0.0426. The first-order valence-corrected chi connectivity index (χ1v) is 9.31. The minimum Gasteiger partial charge on any atom is -0.384 e. The molecule has 2 aromatic heterocycles. The lowest BCUT2D eigenvalue weighted by Crippen LogP contribution is -2.34. The Morgan fingerprint density at radius 3 is 2.85 bits per heavy atom. The SMILES string of the molecule is CCONC(=O)c1c[nH]c2cc(Cl)c(-c3ccc(C4(O)CCC4)nc3)cc12. The van der Waals surface area contributed by atoms with Gasteiger partial charge in [0.05, 0.1) is 22.9 Å². The molecule has 0 radical (unpaired) electrons. The summed E-state index contributed by atoms with van der Waals surface area (Å²) in [5.74, 6) is -0.322. The van der Waals surface area contributed by atoms with E-state index in [4.69, 9.17) is 16.4 Å². The molecule has 0 bridgehead atoms. The van der Waals surface area contributed by atoms with Crippen molar-refractivity contribution in [1.82, 2.24) is 15.4 Å². The molecule has 1 amide bonds. The predicted octanol–water partition coefficient (Wildman–Crippen LogP) is 3.94. The topological polar surface area (TPSA) is 87.2 Å². The second kappa shape index (κ2) is 6.96. The summed E-state index contributed by atoms with van der Waals surface area (Å²) >= 11 is 6.46. The second-order valence-electron chi connectivity index (χ2n) is 6.76. The number of halogens is 1. The molecular weight excluding hydrogens is 366 g/mol. The van der Waals surface area contributed by atoms with Crippen molar-refractivity contribution in [2.24, 2.45) is 0 Å². The van der Waals surface area contributed by atoms with Gasteiger partial charge in [0.2, 0.25) is 0 Å². The Balaban J connectivity index is 1.71. The maximum Gasteiger partial charge on any atom is 0.277 e. The zero-order valence-corrected chi connectivity index (χ0v) is 15.6. The van der Waals surface area contributed by atoms with Gasteiger partial charge in [-0.05, 0) is 44.4 Å². The largest absolute Gasteiger partial charge is 0.384 e. The van der Waals surface area contributed by atoms with Gasteiger partial charge < -0.3 is 10.1 Å². The Bertz CT molecular complexity index is 994. The van der Waals surface area contributed by atoms with Crippen LogP contribution in [0.2, 0.25) is 5.02 Å². The molecule has 1 saturated carbocycles. The third-order valence-corrected chi connectivity index (χ3v) is 5.37. The van der Waals surface area contributed by atoms with E-state index < -0.39 is 5.60 Å². The first-order valence-electron chi connectivity index (χ1n) is 8.94. The van der Waals surface area contributed by atoms with Crippen LogP contribution in [0, 0.1) is 0 Å². The quantitative estimate of drug-likeness (QED) is 0.580. The summed E-state index contributed by atoms with van der Waals surface area (Å²) < 4.78 is 0. The fourth-order valence-corrected chi connectivity index (χ4v) is 3.61. The lowest BCUT2D eigenvalue weighted by atomic mass is 9.77. The van der Waals surface area contributed by atoms with Crippen LogP contribution in [-0.4, -0.2) is 27.6 Å². The van der Waals surface area contributed by atoms with Crippen LogP contribution in [0.4, 0.5) is 0 Å². The van der Waals surface area contributed by atoms with Crippen LogP contribution >= 0.6 is 11.6 Å². The smallest absolute Gasteiger partial charge is 0.277 e. The Morgan fingerprint density at radius 2 is 2.22 bits per heavy atom. The van der Waals surface area contributed by atoms with Crippen LogP contribution in [0.25, 0.3) is 22.0 Å². The number of H-pyrrole nitrogens is 1. The maximum absolute atomic E-state index is 12.3. The van der Waals surface area contributed by atoms with Gasteiger partial charge in [-0.1, -0.05) is 17.7 Å². The summed E-state index contributed by atoms with van der Waals surface area (Å²) in [6.07, 6.45) is 5.85. The van der Waals surface area contributed by atoms with Crippen LogP contribution in [-0.2, 0) is 10.4 Å². The number of nitrogens with zero attached hydrogens (tertiary/aromatic N) is 1. The number of carbonyl (C=O) groups is 1. The van der Waals surface area contributed by atoms with Crippen molar-refractivity contribution in [3.63, 3.8) is 0 Å². The Hall–Kier alpha value is -2.41. The molecule has 1 aliphatic rings. The first kappa shape index (κ1) is 18.0. The number of amides is 1. The molecule has 3 aromatic rings. The number of hydrogen-bond acceptors (Lipinski definition) is 4. The number of fused-ring (bicyclic) bond motifs is 1. The van der Waals surface area contributed by atoms with Gasteiger partial charge in [-0.15, -0.1) is 0 Å². The minimum absolute atomic E-state index is 0.322. The molecule has 0 unspecified atom stereocenters. The van der Waals surface area contributed by atoms with Crippen LogP contribution in [0.15, 0.2) is 36.7 Å². The summed E-state index contributed by atoms with van der Waals surface area (Å²) in [6, 6.07) is 7.40. The monoisotopic (exact) mass is 385 g/mol. The summed E-state index contributed by atoms with van der Waals surface area (Å²) in [6.45, 7) is 2.18. The van der Waals surface area contributed by atoms with Gasteiger partial charge >= 0.3 is 0 Å². The normalized spacial score (nSPS) is 15.5. The molecule has 7 heteroatoms. The number of hydrogen-bond donors (Lipinski definition) is 3. The van der Waals surface area contributed by atoms with Crippen LogP contribution < -0.4 is 5.48 Å². The summed E-state index contributed by atoms with van der Waals surface area (Å²) in [7, 11) is 0. The van der Waals surface area contributed by atoms with Crippen molar-refractivity contribution in [2.75, 3.05) is 6.61 Å². The Morgan fingerprint density at radius 1 is 1.41 bits per heavy atom. The lowest BCUT2D eigenvalue weighted by Gasteiger charge is -2.35. The Labute approximate surface area is 161 Å². The van der Waals surface area contributed by atoms with E-state index in [1.165, 1.54) is 0 Å². The van der Waals surface area contributed by atoms with E-state index in [2.05, 4.69) is 15.4 Å². The highest BCUT2D eigenvalue weighted by Gasteiger charge is 2.37. The van der Waals surface area contributed by atoms with Gasteiger partial charge in [-0.25, -0.2) is 5.48 Å². The van der Waals surface area contributed by atoms with Crippen LogP contribution in [0.5, 0.6) is 0 Å². The molecule has 1 aliphatic carbocycles. The van der Waals surface area contributed by atoms with Gasteiger partial charge in [0.15, 0.2) is 0 Å². The molecule has 6 nitrogen and oxygen atoms in total. The number of hydroxylamine groups is 1. The highest BCUT2D eigenvalue weighted by Crippen LogP contribution is 2.41. The van der Waals surface area contributed by atoms with Gasteiger partial charge in [0.1, 0.15) is 5.60 Å². The van der Waals surface area contributed by atoms with Gasteiger partial charge in [0.25, 0.3) is 5.91 Å². The summed E-state index contributed by atoms with van der Waals surface area (Å²) in [5.41, 5.74) is 5.14. The average molecular weight is 386 g/mol. The molecule has 1 fully saturated rings. The van der Waals surface area contributed by atoms with E-state index in [-0.39, 0.29) is 5.91 Å². The Kier molecular flexibility index (Phi) is 4.63. The third kappa shape index (κ3) is 3.20. The number of carbonyl (C=O) groups excluding carboxylic acids is 1. The van der Waals surface area contributed by atoms with Crippen LogP contribution in [0.3, 0.4) is 0 Å². The molecule has 1 aromatic carbocycles. The number of rotatable bonds is 5. The van der Waals surface area contributed by atoms with Crippen molar-refractivity contribution in [1.29, 1.82) is 0 Å². The fourth-order valence-electron chi connectivity index (χ4n) is 3.34. The molecule has 0 atom stereocenters. The number of nitrogens with one attached hydrogen (secondary N) is 2. The number of pyridine rings is 1. The van der Waals surface area contributed by atoms with Gasteiger partial charge in [-0.3, -0.25) is 14.6 Å². The van der Waals surface area contributed by atoms with E-state index in [0.29, 0.717) is 22.9 Å². The number of aliphatic hydroxyl groups is 1. The van der Waals surface area contributed by atoms with Gasteiger partial charge in [0, 0.05) is 34.4 Å². The van der Waals surface area contributed by atoms with Gasteiger partial charge in [-0.2, -0.15) is 0 Å². The molecular formula is C20H20ClN3O3. The molecule has 0 saturated heterocycles. The van der Waals surface area contributed by atoms with E-state index in [0.717, 1.165) is 41.3 Å². The highest BCUT2D eigenvalue weighted by atomic mass is 35.5. The second-order valence-corrected chi connectivity index (χ2v) is 7.17. The summed E-state index contributed by atoms with van der Waals surface area (Å²) in [4.78, 5) is 24.8. The number of benzene rings is 1. The number of aromatic amines is 1. The fraction of sp³-hybridized carbons (Fsp3) is 0.300. The summed E-state index contributed by atoms with van der Waals surface area (Å²) in [5, 5.41) is 11.7. The molecule has 27 heavy (non-hydrogen) atoms. The van der Waals surface area contributed by atoms with Crippen molar-refractivity contribution >= 4 is 28.4 Å².